The van der Waals surface area contributed by atoms with Crippen molar-refractivity contribution in [1.82, 2.24) is 10.1 Å². The van der Waals surface area contributed by atoms with Crippen LogP contribution in [0, 0.1) is 0 Å². The molecule has 190 valence electrons. The SMILES string of the molecule is O=C(O)c1ccc(C2CC2c2ccc(OCc3c(C4=C(Cl)C=CCC4Cl)noc3C3CC3)cc2Cl)cn1. The number of ether oxygens (including phenoxy) is 1. The Morgan fingerprint density at radius 2 is 2.00 bits per heavy atom. The largest absolute Gasteiger partial charge is 0.489 e. The third-order valence-corrected chi connectivity index (χ3v) is 8.23. The van der Waals surface area contributed by atoms with E-state index in [1.165, 1.54) is 0 Å². The van der Waals surface area contributed by atoms with Gasteiger partial charge in [-0.2, -0.15) is 0 Å². The molecule has 37 heavy (non-hydrogen) atoms. The maximum absolute atomic E-state index is 11.1. The van der Waals surface area contributed by atoms with Gasteiger partial charge in [-0.15, -0.1) is 11.6 Å². The number of alkyl halides is 1. The number of allylic oxidation sites excluding steroid dienone is 4. The van der Waals surface area contributed by atoms with Crippen LogP contribution in [0.3, 0.4) is 0 Å². The Bertz CT molecular complexity index is 1430. The fraction of sp³-hybridized carbons (Fsp3) is 0.321. The number of aromatic nitrogens is 2. The molecule has 0 spiro atoms. The molecule has 0 radical (unpaired) electrons. The van der Waals surface area contributed by atoms with Crippen molar-refractivity contribution < 1.29 is 19.2 Å². The summed E-state index contributed by atoms with van der Waals surface area (Å²) >= 11 is 19.8. The van der Waals surface area contributed by atoms with Crippen LogP contribution in [-0.2, 0) is 6.61 Å². The van der Waals surface area contributed by atoms with E-state index in [1.54, 1.807) is 12.3 Å². The summed E-state index contributed by atoms with van der Waals surface area (Å²) in [5.41, 5.74) is 4.43. The van der Waals surface area contributed by atoms with Crippen molar-refractivity contribution in [3.05, 3.63) is 92.6 Å². The number of halogens is 3. The Morgan fingerprint density at radius 3 is 2.68 bits per heavy atom. The summed E-state index contributed by atoms with van der Waals surface area (Å²) in [6.07, 6.45) is 9.20. The van der Waals surface area contributed by atoms with E-state index < -0.39 is 5.97 Å². The highest BCUT2D eigenvalue weighted by Crippen LogP contribution is 2.56. The van der Waals surface area contributed by atoms with Gasteiger partial charge >= 0.3 is 5.97 Å². The van der Waals surface area contributed by atoms with E-state index in [4.69, 9.17) is 49.2 Å². The number of pyridine rings is 1. The lowest BCUT2D eigenvalue weighted by Gasteiger charge is -2.17. The lowest BCUT2D eigenvalue weighted by molar-refractivity contribution is 0.0690. The summed E-state index contributed by atoms with van der Waals surface area (Å²) in [6.45, 7) is 0.273. The van der Waals surface area contributed by atoms with Crippen molar-refractivity contribution in [2.24, 2.45) is 0 Å². The molecule has 3 unspecified atom stereocenters. The van der Waals surface area contributed by atoms with Gasteiger partial charge in [0.2, 0.25) is 0 Å². The number of hydrogen-bond acceptors (Lipinski definition) is 5. The van der Waals surface area contributed by atoms with E-state index in [0.717, 1.165) is 47.3 Å². The summed E-state index contributed by atoms with van der Waals surface area (Å²) in [5.74, 6) is 1.35. The summed E-state index contributed by atoms with van der Waals surface area (Å²) in [4.78, 5) is 15.1. The smallest absolute Gasteiger partial charge is 0.354 e. The topological polar surface area (TPSA) is 85.5 Å². The van der Waals surface area contributed by atoms with Crippen LogP contribution in [0.15, 0.2) is 58.2 Å². The second kappa shape index (κ2) is 9.82. The second-order valence-electron chi connectivity index (χ2n) is 9.72. The highest BCUT2D eigenvalue weighted by atomic mass is 35.5. The molecule has 6 nitrogen and oxygen atoms in total. The first-order valence-electron chi connectivity index (χ1n) is 12.2. The third-order valence-electron chi connectivity index (χ3n) is 7.18. The van der Waals surface area contributed by atoms with E-state index in [2.05, 4.69) is 10.1 Å². The van der Waals surface area contributed by atoms with Gasteiger partial charge in [0.25, 0.3) is 0 Å². The maximum Gasteiger partial charge on any atom is 0.354 e. The van der Waals surface area contributed by atoms with E-state index >= 15 is 0 Å². The monoisotopic (exact) mass is 556 g/mol. The molecular formula is C28H23Cl3N2O4. The van der Waals surface area contributed by atoms with Gasteiger partial charge in [0.1, 0.15) is 29.5 Å². The van der Waals surface area contributed by atoms with Gasteiger partial charge < -0.3 is 14.4 Å². The first-order chi connectivity index (χ1) is 17.9. The van der Waals surface area contributed by atoms with Crippen LogP contribution in [0.1, 0.15) is 82.1 Å². The Balaban J connectivity index is 1.18. The Kier molecular flexibility index (Phi) is 6.51. The molecule has 0 saturated heterocycles. The number of rotatable bonds is 8. The van der Waals surface area contributed by atoms with Gasteiger partial charge in [-0.25, -0.2) is 9.78 Å². The number of nitrogens with zero attached hydrogens (tertiary/aromatic N) is 2. The van der Waals surface area contributed by atoms with Gasteiger partial charge in [0.05, 0.1) is 10.9 Å². The summed E-state index contributed by atoms with van der Waals surface area (Å²) in [6, 6.07) is 9.13. The number of carboxylic acids is 1. The molecule has 0 bridgehead atoms. The molecule has 2 aromatic heterocycles. The van der Waals surface area contributed by atoms with E-state index in [0.29, 0.717) is 33.8 Å². The second-order valence-corrected chi connectivity index (χ2v) is 11.1. The maximum atomic E-state index is 11.1. The standard InChI is InChI=1S/C28H23Cl3N2O4/c29-21-2-1-3-22(30)25(21)26-20(27(37-33-26)14-4-5-14)13-36-16-7-8-17(23(31)10-16)19-11-18(19)15-6-9-24(28(34)35)32-12-15/h1-2,6-10,12,14,18-19,22H,3-5,11,13H2,(H,34,35). The van der Waals surface area contributed by atoms with Crippen LogP contribution >= 0.6 is 34.8 Å². The number of aromatic carboxylic acids is 1. The number of carbonyl (C=O) groups is 1. The van der Waals surface area contributed by atoms with Crippen molar-refractivity contribution in [3.63, 3.8) is 0 Å². The fourth-order valence-corrected chi connectivity index (χ4v) is 5.96. The van der Waals surface area contributed by atoms with Crippen LogP contribution in [0.25, 0.3) is 5.57 Å². The predicted octanol–water partition coefficient (Wildman–Crippen LogP) is 7.67. The zero-order chi connectivity index (χ0) is 25.7. The van der Waals surface area contributed by atoms with Gasteiger partial charge in [-0.3, -0.25) is 0 Å². The minimum Gasteiger partial charge on any atom is -0.489 e. The highest BCUT2D eigenvalue weighted by molar-refractivity contribution is 6.38. The minimum absolute atomic E-state index is 0.0430. The van der Waals surface area contributed by atoms with E-state index in [-0.39, 0.29) is 29.5 Å². The molecule has 2 fully saturated rings. The summed E-state index contributed by atoms with van der Waals surface area (Å²) < 4.78 is 11.9. The molecule has 3 aliphatic rings. The van der Waals surface area contributed by atoms with Crippen LogP contribution < -0.4 is 4.74 Å². The van der Waals surface area contributed by atoms with Crippen LogP contribution in [0.2, 0.25) is 5.02 Å². The average molecular weight is 558 g/mol. The number of benzene rings is 1. The molecule has 3 atom stereocenters. The molecule has 6 rings (SSSR count). The van der Waals surface area contributed by atoms with Crippen molar-refractivity contribution in [2.45, 2.75) is 55.4 Å². The average Bonchev–Trinajstić information content (AvgIpc) is 3.81. The van der Waals surface area contributed by atoms with Gasteiger partial charge in [-0.05, 0) is 72.9 Å². The molecule has 0 aliphatic heterocycles. The molecule has 3 aromatic rings. The molecular weight excluding hydrogens is 535 g/mol. The Hall–Kier alpha value is -2.80. The Morgan fingerprint density at radius 1 is 1.16 bits per heavy atom. The van der Waals surface area contributed by atoms with Crippen molar-refractivity contribution in [3.8, 4) is 5.75 Å². The zero-order valence-electron chi connectivity index (χ0n) is 19.7. The molecule has 1 aromatic carbocycles. The zero-order valence-corrected chi connectivity index (χ0v) is 21.9. The quantitative estimate of drug-likeness (QED) is 0.286. The van der Waals surface area contributed by atoms with Gasteiger partial charge in [0.15, 0.2) is 0 Å². The molecule has 9 heteroatoms. The molecule has 3 aliphatic carbocycles. The molecule has 2 saturated carbocycles. The molecule has 0 amide bonds. The van der Waals surface area contributed by atoms with Gasteiger partial charge in [0, 0.05) is 27.7 Å². The first-order valence-corrected chi connectivity index (χ1v) is 13.4. The van der Waals surface area contributed by atoms with Crippen molar-refractivity contribution in [1.29, 1.82) is 0 Å². The lowest BCUT2D eigenvalue weighted by atomic mass is 9.97. The van der Waals surface area contributed by atoms with Crippen LogP contribution in [-0.4, -0.2) is 26.6 Å². The lowest BCUT2D eigenvalue weighted by Crippen LogP contribution is -2.10. The highest BCUT2D eigenvalue weighted by Gasteiger charge is 2.41. The van der Waals surface area contributed by atoms with E-state index in [1.807, 2.05) is 36.4 Å². The fourth-order valence-electron chi connectivity index (χ4n) is 4.96. The van der Waals surface area contributed by atoms with Crippen LogP contribution in [0.4, 0.5) is 0 Å². The van der Waals surface area contributed by atoms with Gasteiger partial charge in [-0.1, -0.05) is 46.6 Å². The predicted molar refractivity (Wildman–Crippen MR) is 142 cm³/mol. The molecule has 2 heterocycles. The molecule has 1 N–H and O–H groups in total. The summed E-state index contributed by atoms with van der Waals surface area (Å²) in [7, 11) is 0. The number of carboxylic acid groups (broad SMARTS) is 1. The van der Waals surface area contributed by atoms with Crippen molar-refractivity contribution >= 4 is 46.3 Å². The minimum atomic E-state index is -1.03. The van der Waals surface area contributed by atoms with Crippen LogP contribution in [0.5, 0.6) is 5.75 Å². The Labute approximate surface area is 228 Å². The van der Waals surface area contributed by atoms with Crippen molar-refractivity contribution in [2.75, 3.05) is 0 Å². The van der Waals surface area contributed by atoms with E-state index in [9.17, 15) is 4.79 Å². The third kappa shape index (κ3) is 4.90. The normalized spacial score (nSPS) is 22.8. The summed E-state index contributed by atoms with van der Waals surface area (Å²) in [5, 5.41) is 14.3. The number of hydrogen-bond donors (Lipinski definition) is 1. The first kappa shape index (κ1) is 24.5.